The fourth-order valence-electron chi connectivity index (χ4n) is 2.53. The van der Waals surface area contributed by atoms with Crippen LogP contribution >= 0.6 is 11.3 Å². The van der Waals surface area contributed by atoms with Crippen molar-refractivity contribution in [3.8, 4) is 0 Å². The van der Waals surface area contributed by atoms with E-state index in [-0.39, 0.29) is 5.56 Å². The molecule has 106 valence electrons. The van der Waals surface area contributed by atoms with Crippen LogP contribution in [-0.4, -0.2) is 19.5 Å². The van der Waals surface area contributed by atoms with Gasteiger partial charge in [-0.25, -0.2) is 15.0 Å². The van der Waals surface area contributed by atoms with E-state index >= 15 is 0 Å². The van der Waals surface area contributed by atoms with Crippen molar-refractivity contribution in [3.63, 3.8) is 0 Å². The Kier molecular flexibility index (Phi) is 2.85. The second kappa shape index (κ2) is 4.73. The highest BCUT2D eigenvalue weighted by Crippen LogP contribution is 2.43. The molecule has 3 aromatic rings. The molecule has 4 rings (SSSR count). The predicted octanol–water partition coefficient (Wildman–Crippen LogP) is 2.48. The third kappa shape index (κ3) is 2.25. The second-order valence-corrected chi connectivity index (χ2v) is 6.28. The second-order valence-electron chi connectivity index (χ2n) is 5.39. The highest BCUT2D eigenvalue weighted by molar-refractivity contribution is 7.09. The van der Waals surface area contributed by atoms with Gasteiger partial charge in [-0.1, -0.05) is 0 Å². The molecule has 21 heavy (non-hydrogen) atoms. The van der Waals surface area contributed by atoms with Gasteiger partial charge in [0.05, 0.1) is 17.7 Å². The molecule has 0 saturated heterocycles. The van der Waals surface area contributed by atoms with E-state index < -0.39 is 0 Å². The number of pyridine rings is 1. The zero-order valence-electron chi connectivity index (χ0n) is 11.6. The monoisotopic (exact) mass is 298 g/mol. The van der Waals surface area contributed by atoms with Crippen molar-refractivity contribution in [1.82, 2.24) is 19.5 Å². The quantitative estimate of drug-likeness (QED) is 0.745. The molecule has 6 heteroatoms. The first-order valence-corrected chi connectivity index (χ1v) is 7.86. The Morgan fingerprint density at radius 1 is 1.33 bits per heavy atom. The molecule has 1 aliphatic rings. The maximum atomic E-state index is 12.2. The van der Waals surface area contributed by atoms with E-state index in [0.29, 0.717) is 23.9 Å². The number of nitrogens with zero attached hydrogens (tertiary/aromatic N) is 4. The molecule has 3 heterocycles. The van der Waals surface area contributed by atoms with Gasteiger partial charge in [0.1, 0.15) is 11.5 Å². The summed E-state index contributed by atoms with van der Waals surface area (Å²) < 4.78 is 1.70. The lowest BCUT2D eigenvalue weighted by molar-refractivity contribution is 0.753. The fourth-order valence-corrected chi connectivity index (χ4v) is 3.51. The fraction of sp³-hybridized carbons (Fsp3) is 0.333. The summed E-state index contributed by atoms with van der Waals surface area (Å²) in [5.41, 5.74) is 3.52. The molecule has 5 nitrogen and oxygen atoms in total. The Morgan fingerprint density at radius 2 is 2.19 bits per heavy atom. The molecule has 0 atom stereocenters. The number of hydrogen-bond acceptors (Lipinski definition) is 5. The lowest BCUT2D eigenvalue weighted by Gasteiger charge is -2.09. The standard InChI is InChI=1S/C15H14N4OS/c1-9-16-6-11-4-5-13(20)19(15(11)18-9)7-12-14(10-2-3-10)21-8-17-12/h4-6,8,10H,2-3,7H2,1H3. The van der Waals surface area contributed by atoms with E-state index in [1.807, 2.05) is 12.4 Å². The minimum absolute atomic E-state index is 0.0460. The van der Waals surface area contributed by atoms with Gasteiger partial charge >= 0.3 is 0 Å². The van der Waals surface area contributed by atoms with E-state index in [1.54, 1.807) is 34.2 Å². The molecule has 0 radical (unpaired) electrons. The van der Waals surface area contributed by atoms with Gasteiger partial charge in [0.2, 0.25) is 0 Å². The van der Waals surface area contributed by atoms with Crippen LogP contribution in [0.2, 0.25) is 0 Å². The highest BCUT2D eigenvalue weighted by atomic mass is 32.1. The Morgan fingerprint density at radius 3 is 3.00 bits per heavy atom. The zero-order valence-corrected chi connectivity index (χ0v) is 12.4. The number of aryl methyl sites for hydroxylation is 1. The number of hydrogen-bond donors (Lipinski definition) is 0. The predicted molar refractivity (Wildman–Crippen MR) is 81.7 cm³/mol. The van der Waals surface area contributed by atoms with E-state index in [4.69, 9.17) is 0 Å². The average molecular weight is 298 g/mol. The van der Waals surface area contributed by atoms with Crippen molar-refractivity contribution in [2.45, 2.75) is 32.2 Å². The van der Waals surface area contributed by atoms with Crippen molar-refractivity contribution < 1.29 is 0 Å². The Bertz CT molecular complexity index is 879. The van der Waals surface area contributed by atoms with Crippen molar-refractivity contribution in [1.29, 1.82) is 0 Å². The van der Waals surface area contributed by atoms with Gasteiger partial charge in [0.25, 0.3) is 5.56 Å². The zero-order chi connectivity index (χ0) is 14.4. The van der Waals surface area contributed by atoms with Crippen molar-refractivity contribution >= 4 is 22.4 Å². The smallest absolute Gasteiger partial charge is 0.252 e. The van der Waals surface area contributed by atoms with Crippen LogP contribution in [-0.2, 0) is 6.54 Å². The summed E-state index contributed by atoms with van der Waals surface area (Å²) >= 11 is 1.69. The Hall–Kier alpha value is -2.08. The van der Waals surface area contributed by atoms with Gasteiger partial charge in [0.15, 0.2) is 0 Å². The van der Waals surface area contributed by atoms with E-state index in [2.05, 4.69) is 15.0 Å². The number of rotatable bonds is 3. The normalized spacial score (nSPS) is 14.7. The maximum Gasteiger partial charge on any atom is 0.252 e. The Balaban J connectivity index is 1.85. The summed E-state index contributed by atoms with van der Waals surface area (Å²) in [6.45, 7) is 2.32. The van der Waals surface area contributed by atoms with Crippen LogP contribution in [0.25, 0.3) is 11.0 Å². The number of aromatic nitrogens is 4. The van der Waals surface area contributed by atoms with Gasteiger partial charge < -0.3 is 0 Å². The van der Waals surface area contributed by atoms with Crippen molar-refractivity contribution in [2.24, 2.45) is 0 Å². The van der Waals surface area contributed by atoms with E-state index in [1.165, 1.54) is 17.7 Å². The molecule has 0 amide bonds. The molecule has 0 aromatic carbocycles. The summed E-state index contributed by atoms with van der Waals surface area (Å²) in [5.74, 6) is 1.32. The molecule has 0 bridgehead atoms. The first-order chi connectivity index (χ1) is 10.2. The molecular formula is C15H14N4OS. The van der Waals surface area contributed by atoms with Crippen LogP contribution in [0.3, 0.4) is 0 Å². The number of thiazole rings is 1. The largest absolute Gasteiger partial charge is 0.286 e. The van der Waals surface area contributed by atoms with Gasteiger partial charge in [0, 0.05) is 22.5 Å². The lowest BCUT2D eigenvalue weighted by atomic mass is 10.2. The minimum Gasteiger partial charge on any atom is -0.286 e. The van der Waals surface area contributed by atoms with Gasteiger partial charge in [-0.3, -0.25) is 9.36 Å². The van der Waals surface area contributed by atoms with Crippen LogP contribution in [0.1, 0.15) is 35.2 Å². The highest BCUT2D eigenvalue weighted by Gasteiger charge is 2.28. The molecule has 0 N–H and O–H groups in total. The van der Waals surface area contributed by atoms with Gasteiger partial charge in [-0.15, -0.1) is 11.3 Å². The van der Waals surface area contributed by atoms with Crippen LogP contribution < -0.4 is 5.56 Å². The Labute approximate surface area is 125 Å². The molecule has 1 aliphatic carbocycles. The molecule has 3 aromatic heterocycles. The minimum atomic E-state index is -0.0460. The first kappa shape index (κ1) is 12.6. The van der Waals surface area contributed by atoms with E-state index in [0.717, 1.165) is 11.1 Å². The molecule has 1 fully saturated rings. The lowest BCUT2D eigenvalue weighted by Crippen LogP contribution is -2.21. The number of fused-ring (bicyclic) bond motifs is 1. The third-order valence-electron chi connectivity index (χ3n) is 3.77. The third-order valence-corrected chi connectivity index (χ3v) is 4.81. The molecular weight excluding hydrogens is 284 g/mol. The van der Waals surface area contributed by atoms with Crippen LogP contribution in [0, 0.1) is 6.92 Å². The van der Waals surface area contributed by atoms with E-state index in [9.17, 15) is 4.79 Å². The van der Waals surface area contributed by atoms with Crippen LogP contribution in [0.15, 0.2) is 28.6 Å². The average Bonchev–Trinajstić information content (AvgIpc) is 3.22. The van der Waals surface area contributed by atoms with Crippen LogP contribution in [0.5, 0.6) is 0 Å². The maximum absolute atomic E-state index is 12.2. The van der Waals surface area contributed by atoms with Crippen LogP contribution in [0.4, 0.5) is 0 Å². The summed E-state index contributed by atoms with van der Waals surface area (Å²) in [5, 5.41) is 0.878. The van der Waals surface area contributed by atoms with Crippen molar-refractivity contribution in [2.75, 3.05) is 0 Å². The topological polar surface area (TPSA) is 60.7 Å². The van der Waals surface area contributed by atoms with Gasteiger partial charge in [-0.2, -0.15) is 0 Å². The summed E-state index contributed by atoms with van der Waals surface area (Å²) in [4.78, 5) is 26.7. The van der Waals surface area contributed by atoms with Crippen molar-refractivity contribution in [3.05, 3.63) is 50.6 Å². The summed E-state index contributed by atoms with van der Waals surface area (Å²) in [7, 11) is 0. The molecule has 0 unspecified atom stereocenters. The molecule has 0 aliphatic heterocycles. The van der Waals surface area contributed by atoms with Gasteiger partial charge in [-0.05, 0) is 31.7 Å². The first-order valence-electron chi connectivity index (χ1n) is 6.98. The SMILES string of the molecule is Cc1ncc2ccc(=O)n(Cc3ncsc3C3CC3)c2n1. The summed E-state index contributed by atoms with van der Waals surface area (Å²) in [6, 6.07) is 3.35. The molecule has 0 spiro atoms. The molecule has 1 saturated carbocycles. The summed E-state index contributed by atoms with van der Waals surface area (Å²) in [6.07, 6.45) is 4.23.